The molecule has 3 saturated carbocycles. The van der Waals surface area contributed by atoms with E-state index in [2.05, 4.69) is 10.3 Å². The summed E-state index contributed by atoms with van der Waals surface area (Å²) in [5, 5.41) is 2.47. The molecule has 3 unspecified atom stereocenters. The molecule has 2 aromatic rings. The predicted molar refractivity (Wildman–Crippen MR) is 119 cm³/mol. The summed E-state index contributed by atoms with van der Waals surface area (Å²) in [5.41, 5.74) is -0.321. The molecule has 0 radical (unpaired) electrons. The highest BCUT2D eigenvalue weighted by Gasteiger charge is 2.47. The summed E-state index contributed by atoms with van der Waals surface area (Å²) in [5.74, 6) is -0.0685. The van der Waals surface area contributed by atoms with Crippen LogP contribution in [0.15, 0.2) is 22.6 Å². The number of hydrogen-bond donors (Lipinski definition) is 1. The van der Waals surface area contributed by atoms with E-state index in [1.807, 2.05) is 4.90 Å². The number of carbonyl (C=O) groups is 1. The van der Waals surface area contributed by atoms with Crippen molar-refractivity contribution < 1.29 is 31.5 Å². The number of anilines is 2. The summed E-state index contributed by atoms with van der Waals surface area (Å²) in [7, 11) is 0. The maximum Gasteiger partial charge on any atom is 0.396 e. The van der Waals surface area contributed by atoms with Gasteiger partial charge in [0.1, 0.15) is 12.2 Å². The standard InChI is InChI=1S/C25H27F4N3O3/c26-18-11-16(4-5-20(18)34-17-9-14-8-15(14)10-17)30-23(33)22-21(12-25(27,28)29)35-24(31-22)32-7-6-13-2-1-3-19(13)32/h4-5,11,13-15,17,19H,1-3,6-10,12H2,(H,30,33)/t13?,14-,15+,17?,19?. The van der Waals surface area contributed by atoms with Crippen LogP contribution in [0.4, 0.5) is 29.3 Å². The Kier molecular flexibility index (Phi) is 5.45. The van der Waals surface area contributed by atoms with E-state index in [9.17, 15) is 22.4 Å². The number of rotatable bonds is 6. The van der Waals surface area contributed by atoms with E-state index in [-0.39, 0.29) is 29.6 Å². The first-order valence-corrected chi connectivity index (χ1v) is 12.3. The highest BCUT2D eigenvalue weighted by Crippen LogP contribution is 2.52. The smallest absolute Gasteiger partial charge is 0.396 e. The van der Waals surface area contributed by atoms with Gasteiger partial charge in [0.05, 0.1) is 6.10 Å². The topological polar surface area (TPSA) is 67.6 Å². The van der Waals surface area contributed by atoms with Gasteiger partial charge in [0.25, 0.3) is 11.9 Å². The van der Waals surface area contributed by atoms with Crippen molar-refractivity contribution in [1.82, 2.24) is 4.98 Å². The number of nitrogens with one attached hydrogen (secondary N) is 1. The lowest BCUT2D eigenvalue weighted by Crippen LogP contribution is -2.30. The summed E-state index contributed by atoms with van der Waals surface area (Å²) < 4.78 is 65.5. The van der Waals surface area contributed by atoms with Gasteiger partial charge in [-0.25, -0.2) is 4.39 Å². The van der Waals surface area contributed by atoms with Crippen molar-refractivity contribution in [3.63, 3.8) is 0 Å². The SMILES string of the molecule is O=C(Nc1ccc(OC2C[C@@H]3C[C@@H]3C2)c(F)c1)c1nc(N2CCC3CCCC32)oc1CC(F)(F)F. The lowest BCUT2D eigenvalue weighted by Gasteiger charge is -2.21. The molecular weight excluding hydrogens is 466 g/mol. The van der Waals surface area contributed by atoms with E-state index in [1.165, 1.54) is 18.6 Å². The van der Waals surface area contributed by atoms with Crippen LogP contribution in [0.5, 0.6) is 5.75 Å². The Labute approximate surface area is 200 Å². The second kappa shape index (κ2) is 8.41. The second-order valence-electron chi connectivity index (χ2n) is 10.4. The van der Waals surface area contributed by atoms with Crippen molar-refractivity contribution in [2.75, 3.05) is 16.8 Å². The van der Waals surface area contributed by atoms with Gasteiger partial charge in [0.2, 0.25) is 0 Å². The number of nitrogens with zero attached hydrogens (tertiary/aromatic N) is 2. The van der Waals surface area contributed by atoms with Gasteiger partial charge in [0.15, 0.2) is 17.3 Å². The fourth-order valence-corrected chi connectivity index (χ4v) is 6.21. The van der Waals surface area contributed by atoms with Gasteiger partial charge in [-0.2, -0.15) is 18.2 Å². The number of ether oxygens (including phenoxy) is 1. The van der Waals surface area contributed by atoms with Gasteiger partial charge in [-0.3, -0.25) is 4.79 Å². The Morgan fingerprint density at radius 1 is 1.14 bits per heavy atom. The molecule has 5 atom stereocenters. The molecule has 6 nitrogen and oxygen atoms in total. The molecule has 0 bridgehead atoms. The van der Waals surface area contributed by atoms with Crippen LogP contribution in [0.2, 0.25) is 0 Å². The van der Waals surface area contributed by atoms with E-state index in [4.69, 9.17) is 9.15 Å². The number of hydrogen-bond acceptors (Lipinski definition) is 5. The fraction of sp³-hybridized carbons (Fsp3) is 0.600. The van der Waals surface area contributed by atoms with Crippen LogP contribution in [0.1, 0.15) is 61.2 Å². The van der Waals surface area contributed by atoms with Gasteiger partial charge in [-0.15, -0.1) is 0 Å². The van der Waals surface area contributed by atoms with E-state index >= 15 is 0 Å². The maximum absolute atomic E-state index is 14.6. The van der Waals surface area contributed by atoms with E-state index in [0.29, 0.717) is 24.3 Å². The zero-order chi connectivity index (χ0) is 24.3. The molecule has 3 aliphatic carbocycles. The lowest BCUT2D eigenvalue weighted by atomic mass is 10.1. The van der Waals surface area contributed by atoms with Gasteiger partial charge in [0, 0.05) is 24.3 Å². The number of benzene rings is 1. The fourth-order valence-electron chi connectivity index (χ4n) is 6.21. The van der Waals surface area contributed by atoms with Crippen LogP contribution in [-0.2, 0) is 6.42 Å². The van der Waals surface area contributed by atoms with Crippen molar-refractivity contribution >= 4 is 17.6 Å². The number of carbonyl (C=O) groups excluding carboxylic acids is 1. The summed E-state index contributed by atoms with van der Waals surface area (Å²) in [4.78, 5) is 19.0. The molecule has 0 spiro atoms. The van der Waals surface area contributed by atoms with Crippen LogP contribution >= 0.6 is 0 Å². The quantitative estimate of drug-likeness (QED) is 0.521. The number of aromatic nitrogens is 1. The zero-order valence-electron chi connectivity index (χ0n) is 19.1. The predicted octanol–water partition coefficient (Wildman–Crippen LogP) is 5.73. The Morgan fingerprint density at radius 3 is 2.69 bits per heavy atom. The zero-order valence-corrected chi connectivity index (χ0v) is 19.1. The Bertz CT molecular complexity index is 1120. The highest BCUT2D eigenvalue weighted by atomic mass is 19.4. The molecule has 1 aliphatic heterocycles. The largest absolute Gasteiger partial charge is 0.487 e. The normalized spacial score (nSPS) is 29.3. The molecule has 188 valence electrons. The number of amides is 1. The van der Waals surface area contributed by atoms with Crippen LogP contribution in [-0.4, -0.2) is 35.8 Å². The van der Waals surface area contributed by atoms with Crippen molar-refractivity contribution in [2.24, 2.45) is 17.8 Å². The molecule has 1 aromatic heterocycles. The third kappa shape index (κ3) is 4.59. The minimum absolute atomic E-state index is 0.00257. The minimum Gasteiger partial charge on any atom is -0.487 e. The Morgan fingerprint density at radius 2 is 1.94 bits per heavy atom. The molecule has 6 rings (SSSR count). The molecule has 1 saturated heterocycles. The van der Waals surface area contributed by atoms with Gasteiger partial charge < -0.3 is 19.4 Å². The molecule has 1 N–H and O–H groups in total. The summed E-state index contributed by atoms with van der Waals surface area (Å²) in [6, 6.07) is 4.24. The van der Waals surface area contributed by atoms with Crippen LogP contribution < -0.4 is 15.0 Å². The second-order valence-corrected chi connectivity index (χ2v) is 10.4. The van der Waals surface area contributed by atoms with Crippen LogP contribution in [0.3, 0.4) is 0 Å². The monoisotopic (exact) mass is 493 g/mol. The average molecular weight is 494 g/mol. The van der Waals surface area contributed by atoms with Crippen molar-refractivity contribution in [2.45, 2.75) is 69.7 Å². The Hall–Kier alpha value is -2.78. The Balaban J connectivity index is 1.19. The summed E-state index contributed by atoms with van der Waals surface area (Å²) in [6.45, 7) is 0.636. The van der Waals surface area contributed by atoms with Crippen molar-refractivity contribution in [3.8, 4) is 5.75 Å². The number of alkyl halides is 3. The average Bonchev–Trinajstić information content (AvgIpc) is 3.24. The first-order valence-electron chi connectivity index (χ1n) is 12.3. The third-order valence-electron chi connectivity index (χ3n) is 7.95. The molecule has 35 heavy (non-hydrogen) atoms. The van der Waals surface area contributed by atoms with Crippen LogP contribution in [0.25, 0.3) is 0 Å². The first-order chi connectivity index (χ1) is 16.7. The maximum atomic E-state index is 14.6. The van der Waals surface area contributed by atoms with Crippen LogP contribution in [0, 0.1) is 23.6 Å². The van der Waals surface area contributed by atoms with Crippen molar-refractivity contribution in [3.05, 3.63) is 35.5 Å². The third-order valence-corrected chi connectivity index (χ3v) is 7.95. The van der Waals surface area contributed by atoms with E-state index in [1.54, 1.807) is 0 Å². The van der Waals surface area contributed by atoms with E-state index < -0.39 is 35.8 Å². The molecule has 10 heteroatoms. The molecule has 1 amide bonds. The van der Waals surface area contributed by atoms with E-state index in [0.717, 1.165) is 44.6 Å². The first kappa shape index (κ1) is 22.7. The van der Waals surface area contributed by atoms with Gasteiger partial charge >= 0.3 is 6.18 Å². The number of fused-ring (bicyclic) bond motifs is 2. The lowest BCUT2D eigenvalue weighted by molar-refractivity contribution is -0.130. The van der Waals surface area contributed by atoms with Crippen molar-refractivity contribution in [1.29, 1.82) is 0 Å². The molecule has 4 fully saturated rings. The summed E-state index contributed by atoms with van der Waals surface area (Å²) >= 11 is 0. The summed E-state index contributed by atoms with van der Waals surface area (Å²) in [6.07, 6.45) is 1.10. The molecule has 1 aromatic carbocycles. The number of halogens is 4. The molecule has 4 aliphatic rings. The van der Waals surface area contributed by atoms with Gasteiger partial charge in [-0.05, 0) is 68.4 Å². The number of oxazole rings is 1. The van der Waals surface area contributed by atoms with Gasteiger partial charge in [-0.1, -0.05) is 6.42 Å². The molecular formula is C25H27F4N3O3. The minimum atomic E-state index is -4.57. The molecule has 2 heterocycles. The highest BCUT2D eigenvalue weighted by molar-refractivity contribution is 6.03.